The molecule has 2 aromatic carbocycles. The van der Waals surface area contributed by atoms with Gasteiger partial charge in [0.25, 0.3) is 0 Å². The molecule has 0 radical (unpaired) electrons. The lowest BCUT2D eigenvalue weighted by atomic mass is 10.0. The van der Waals surface area contributed by atoms with E-state index in [1.165, 1.54) is 0 Å². The van der Waals surface area contributed by atoms with Gasteiger partial charge in [0.15, 0.2) is 0 Å². The van der Waals surface area contributed by atoms with Crippen LogP contribution in [0.15, 0.2) is 48.5 Å². The zero-order valence-electron chi connectivity index (χ0n) is 17.2. The molecule has 5 heteroatoms. The first-order chi connectivity index (χ1) is 13.5. The summed E-state index contributed by atoms with van der Waals surface area (Å²) < 4.78 is 5.20. The summed E-state index contributed by atoms with van der Waals surface area (Å²) in [6.07, 6.45) is 1.13. The molecule has 0 aliphatic heterocycles. The molecule has 150 valence electrons. The SMILES string of the molecule is CCCNC(=O)[C@H](C)N(Cc1ccc(OC)cc1)C(=O)Cc1ccccc1C. The Bertz CT molecular complexity index is 787. The molecule has 0 saturated heterocycles. The summed E-state index contributed by atoms with van der Waals surface area (Å²) in [6, 6.07) is 14.9. The zero-order valence-corrected chi connectivity index (χ0v) is 17.2. The molecule has 28 heavy (non-hydrogen) atoms. The van der Waals surface area contributed by atoms with Crippen LogP contribution in [0.2, 0.25) is 0 Å². The van der Waals surface area contributed by atoms with Gasteiger partial charge in [0, 0.05) is 13.1 Å². The fourth-order valence-electron chi connectivity index (χ4n) is 2.98. The summed E-state index contributed by atoms with van der Waals surface area (Å²) in [5.41, 5.74) is 3.01. The maximum Gasteiger partial charge on any atom is 0.242 e. The molecular formula is C23H30N2O3. The van der Waals surface area contributed by atoms with E-state index < -0.39 is 6.04 Å². The number of aryl methyl sites for hydroxylation is 1. The Balaban J connectivity index is 2.22. The second kappa shape index (κ2) is 10.5. The molecule has 5 nitrogen and oxygen atoms in total. The molecule has 2 amide bonds. The lowest BCUT2D eigenvalue weighted by Crippen LogP contribution is -2.48. The highest BCUT2D eigenvalue weighted by Crippen LogP contribution is 2.17. The van der Waals surface area contributed by atoms with Gasteiger partial charge in [0.2, 0.25) is 11.8 Å². The van der Waals surface area contributed by atoms with Gasteiger partial charge in [-0.05, 0) is 49.1 Å². The third kappa shape index (κ3) is 5.84. The van der Waals surface area contributed by atoms with E-state index in [4.69, 9.17) is 4.74 Å². The third-order valence-electron chi connectivity index (χ3n) is 4.83. The van der Waals surface area contributed by atoms with Crippen LogP contribution >= 0.6 is 0 Å². The van der Waals surface area contributed by atoms with E-state index >= 15 is 0 Å². The standard InChI is InChI=1S/C23H30N2O3/c1-5-14-24-23(27)18(3)25(16-19-10-12-21(28-4)13-11-19)22(26)15-20-9-7-6-8-17(20)2/h6-13,18H,5,14-16H2,1-4H3,(H,24,27)/t18-/m0/s1. The number of nitrogens with one attached hydrogen (secondary N) is 1. The predicted octanol–water partition coefficient (Wildman–Crippen LogP) is 3.49. The normalized spacial score (nSPS) is 11.6. The lowest BCUT2D eigenvalue weighted by molar-refractivity contribution is -0.140. The summed E-state index contributed by atoms with van der Waals surface area (Å²) in [6.45, 7) is 6.75. The van der Waals surface area contributed by atoms with Crippen molar-refractivity contribution in [2.24, 2.45) is 0 Å². The monoisotopic (exact) mass is 382 g/mol. The molecule has 0 aliphatic carbocycles. The molecule has 0 fully saturated rings. The first-order valence-electron chi connectivity index (χ1n) is 9.70. The molecule has 0 aliphatic rings. The largest absolute Gasteiger partial charge is 0.497 e. The number of carbonyl (C=O) groups excluding carboxylic acids is 2. The summed E-state index contributed by atoms with van der Waals surface area (Å²) in [4.78, 5) is 27.3. The molecule has 0 bridgehead atoms. The van der Waals surface area contributed by atoms with E-state index in [-0.39, 0.29) is 18.2 Å². The smallest absolute Gasteiger partial charge is 0.242 e. The van der Waals surface area contributed by atoms with Crippen LogP contribution in [0.25, 0.3) is 0 Å². The van der Waals surface area contributed by atoms with Gasteiger partial charge in [0.05, 0.1) is 13.5 Å². The summed E-state index contributed by atoms with van der Waals surface area (Å²) in [5, 5.41) is 2.89. The fourth-order valence-corrected chi connectivity index (χ4v) is 2.98. The highest BCUT2D eigenvalue weighted by atomic mass is 16.5. The Morgan fingerprint density at radius 3 is 2.39 bits per heavy atom. The molecule has 0 unspecified atom stereocenters. The number of ether oxygens (including phenoxy) is 1. The van der Waals surface area contributed by atoms with Crippen molar-refractivity contribution in [2.75, 3.05) is 13.7 Å². The predicted molar refractivity (Wildman–Crippen MR) is 111 cm³/mol. The van der Waals surface area contributed by atoms with Gasteiger partial charge in [-0.25, -0.2) is 0 Å². The van der Waals surface area contributed by atoms with Crippen LogP contribution in [0, 0.1) is 6.92 Å². The van der Waals surface area contributed by atoms with Crippen molar-refractivity contribution in [1.29, 1.82) is 0 Å². The zero-order chi connectivity index (χ0) is 20.5. The van der Waals surface area contributed by atoms with E-state index in [0.717, 1.165) is 28.9 Å². The van der Waals surface area contributed by atoms with Crippen LogP contribution in [0.3, 0.4) is 0 Å². The quantitative estimate of drug-likeness (QED) is 0.722. The molecule has 0 spiro atoms. The van der Waals surface area contributed by atoms with Crippen LogP contribution < -0.4 is 10.1 Å². The van der Waals surface area contributed by atoms with Crippen molar-refractivity contribution in [2.45, 2.75) is 46.2 Å². The van der Waals surface area contributed by atoms with Crippen molar-refractivity contribution < 1.29 is 14.3 Å². The average molecular weight is 383 g/mol. The number of nitrogens with zero attached hydrogens (tertiary/aromatic N) is 1. The van der Waals surface area contributed by atoms with Crippen LogP contribution in [-0.2, 0) is 22.6 Å². The Morgan fingerprint density at radius 2 is 1.79 bits per heavy atom. The van der Waals surface area contributed by atoms with Gasteiger partial charge in [-0.15, -0.1) is 0 Å². The number of amides is 2. The third-order valence-corrected chi connectivity index (χ3v) is 4.83. The van der Waals surface area contributed by atoms with Crippen LogP contribution in [0.5, 0.6) is 5.75 Å². The maximum atomic E-state index is 13.1. The van der Waals surface area contributed by atoms with Gasteiger partial charge in [-0.3, -0.25) is 9.59 Å². The van der Waals surface area contributed by atoms with Crippen molar-refractivity contribution in [3.05, 3.63) is 65.2 Å². The molecule has 2 aromatic rings. The number of methoxy groups -OCH3 is 1. The summed E-state index contributed by atoms with van der Waals surface area (Å²) in [5.74, 6) is 0.563. The fraction of sp³-hybridized carbons (Fsp3) is 0.391. The molecule has 0 heterocycles. The molecule has 1 atom stereocenters. The minimum atomic E-state index is -0.551. The Kier molecular flexibility index (Phi) is 8.05. The second-order valence-corrected chi connectivity index (χ2v) is 6.94. The van der Waals surface area contributed by atoms with Gasteiger partial charge >= 0.3 is 0 Å². The molecular weight excluding hydrogens is 352 g/mol. The first kappa shape index (κ1) is 21.5. The van der Waals surface area contributed by atoms with Crippen molar-refractivity contribution in [3.8, 4) is 5.75 Å². The lowest BCUT2D eigenvalue weighted by Gasteiger charge is -2.29. The average Bonchev–Trinajstić information content (AvgIpc) is 2.71. The number of rotatable bonds is 9. The van der Waals surface area contributed by atoms with E-state index in [2.05, 4.69) is 5.32 Å². The maximum absolute atomic E-state index is 13.1. The highest BCUT2D eigenvalue weighted by molar-refractivity contribution is 5.88. The number of hydrogen-bond donors (Lipinski definition) is 1. The molecule has 2 rings (SSSR count). The summed E-state index contributed by atoms with van der Waals surface area (Å²) in [7, 11) is 1.62. The van der Waals surface area contributed by atoms with E-state index in [1.54, 1.807) is 18.9 Å². The van der Waals surface area contributed by atoms with Crippen LogP contribution in [-0.4, -0.2) is 36.4 Å². The Hall–Kier alpha value is -2.82. The van der Waals surface area contributed by atoms with Crippen molar-refractivity contribution in [1.82, 2.24) is 10.2 Å². The van der Waals surface area contributed by atoms with Gasteiger partial charge in [0.1, 0.15) is 11.8 Å². The van der Waals surface area contributed by atoms with Gasteiger partial charge < -0.3 is 15.0 Å². The van der Waals surface area contributed by atoms with Crippen molar-refractivity contribution in [3.63, 3.8) is 0 Å². The Morgan fingerprint density at radius 1 is 1.11 bits per heavy atom. The topological polar surface area (TPSA) is 58.6 Å². The minimum Gasteiger partial charge on any atom is -0.497 e. The first-order valence-corrected chi connectivity index (χ1v) is 9.70. The van der Waals surface area contributed by atoms with E-state index in [9.17, 15) is 9.59 Å². The number of hydrogen-bond acceptors (Lipinski definition) is 3. The highest BCUT2D eigenvalue weighted by Gasteiger charge is 2.26. The molecule has 1 N–H and O–H groups in total. The summed E-state index contributed by atoms with van der Waals surface area (Å²) >= 11 is 0. The van der Waals surface area contributed by atoms with E-state index in [0.29, 0.717) is 13.1 Å². The van der Waals surface area contributed by atoms with Gasteiger partial charge in [-0.1, -0.05) is 43.3 Å². The number of benzene rings is 2. The molecule has 0 aromatic heterocycles. The van der Waals surface area contributed by atoms with Crippen molar-refractivity contribution >= 4 is 11.8 Å². The minimum absolute atomic E-state index is 0.0655. The van der Waals surface area contributed by atoms with Crippen LogP contribution in [0.4, 0.5) is 0 Å². The Labute approximate surface area is 167 Å². The van der Waals surface area contributed by atoms with E-state index in [1.807, 2.05) is 62.4 Å². The van der Waals surface area contributed by atoms with Crippen LogP contribution in [0.1, 0.15) is 37.0 Å². The van der Waals surface area contributed by atoms with Gasteiger partial charge in [-0.2, -0.15) is 0 Å². The number of carbonyl (C=O) groups is 2. The molecule has 0 saturated carbocycles. The second-order valence-electron chi connectivity index (χ2n) is 6.94.